The Bertz CT molecular complexity index is 110. The van der Waals surface area contributed by atoms with Crippen molar-refractivity contribution in [2.45, 2.75) is 38.7 Å². The van der Waals surface area contributed by atoms with Crippen LogP contribution in [0.1, 0.15) is 32.6 Å². The zero-order chi connectivity index (χ0) is 8.27. The minimum Gasteiger partial charge on any atom is -0.396 e. The van der Waals surface area contributed by atoms with Gasteiger partial charge in [-0.15, -0.1) is 0 Å². The zero-order valence-corrected chi connectivity index (χ0v) is 7.16. The third kappa shape index (κ3) is 2.17. The topological polar surface area (TPSA) is 40.5 Å². The van der Waals surface area contributed by atoms with Crippen molar-refractivity contribution in [1.29, 1.82) is 0 Å². The van der Waals surface area contributed by atoms with Crippen LogP contribution in [0.25, 0.3) is 0 Å². The molecule has 0 amide bonds. The van der Waals surface area contributed by atoms with Gasteiger partial charge < -0.3 is 10.2 Å². The molecule has 0 aromatic rings. The minimum atomic E-state index is -0.161. The molecule has 1 fully saturated rings. The average Bonchev–Trinajstić information content (AvgIpc) is 2.04. The zero-order valence-electron chi connectivity index (χ0n) is 7.16. The maximum atomic E-state index is 9.56. The molecule has 1 rings (SSSR count). The van der Waals surface area contributed by atoms with Gasteiger partial charge in [-0.3, -0.25) is 0 Å². The normalized spacial score (nSPS) is 35.2. The third-order valence-electron chi connectivity index (χ3n) is 2.80. The first-order chi connectivity index (χ1) is 5.25. The van der Waals surface area contributed by atoms with Gasteiger partial charge in [0.1, 0.15) is 0 Å². The standard InChI is InChI=1S/C9H18O2/c1-7(6-10)8-4-2-3-5-9(8)11/h7-11H,2-6H2,1H3. The summed E-state index contributed by atoms with van der Waals surface area (Å²) in [6, 6.07) is 0. The molecule has 0 heterocycles. The van der Waals surface area contributed by atoms with Gasteiger partial charge in [0.05, 0.1) is 6.10 Å². The highest BCUT2D eigenvalue weighted by atomic mass is 16.3. The van der Waals surface area contributed by atoms with Crippen LogP contribution in [0.15, 0.2) is 0 Å². The summed E-state index contributed by atoms with van der Waals surface area (Å²) in [6.45, 7) is 2.22. The quantitative estimate of drug-likeness (QED) is 0.633. The number of hydrogen-bond donors (Lipinski definition) is 2. The molecule has 1 aliphatic carbocycles. The molecule has 11 heavy (non-hydrogen) atoms. The van der Waals surface area contributed by atoms with E-state index in [1.807, 2.05) is 6.92 Å². The molecule has 0 radical (unpaired) electrons. The lowest BCUT2D eigenvalue weighted by molar-refractivity contribution is 0.0241. The summed E-state index contributed by atoms with van der Waals surface area (Å²) in [4.78, 5) is 0. The largest absolute Gasteiger partial charge is 0.396 e. The van der Waals surface area contributed by atoms with Crippen molar-refractivity contribution < 1.29 is 10.2 Å². The predicted molar refractivity (Wildman–Crippen MR) is 44.2 cm³/mol. The van der Waals surface area contributed by atoms with Crippen molar-refractivity contribution in [2.75, 3.05) is 6.61 Å². The predicted octanol–water partition coefficient (Wildman–Crippen LogP) is 1.17. The van der Waals surface area contributed by atoms with E-state index >= 15 is 0 Å². The van der Waals surface area contributed by atoms with Crippen molar-refractivity contribution in [1.82, 2.24) is 0 Å². The molecule has 66 valence electrons. The van der Waals surface area contributed by atoms with E-state index < -0.39 is 0 Å². The molecule has 0 aliphatic heterocycles. The van der Waals surface area contributed by atoms with Crippen LogP contribution in [0.5, 0.6) is 0 Å². The number of rotatable bonds is 2. The maximum Gasteiger partial charge on any atom is 0.0571 e. The first-order valence-electron chi connectivity index (χ1n) is 4.54. The van der Waals surface area contributed by atoms with Crippen molar-refractivity contribution in [3.63, 3.8) is 0 Å². The fraction of sp³-hybridized carbons (Fsp3) is 1.00. The second kappa shape index (κ2) is 4.07. The molecule has 0 spiro atoms. The molecule has 2 N–H and O–H groups in total. The van der Waals surface area contributed by atoms with E-state index in [1.54, 1.807) is 0 Å². The summed E-state index contributed by atoms with van der Waals surface area (Å²) < 4.78 is 0. The Balaban J connectivity index is 2.40. The first kappa shape index (κ1) is 9.01. The minimum absolute atomic E-state index is 0.161. The van der Waals surface area contributed by atoms with Crippen LogP contribution in [0.3, 0.4) is 0 Å². The van der Waals surface area contributed by atoms with Crippen LogP contribution < -0.4 is 0 Å². The van der Waals surface area contributed by atoms with Gasteiger partial charge in [0.15, 0.2) is 0 Å². The van der Waals surface area contributed by atoms with Gasteiger partial charge in [-0.2, -0.15) is 0 Å². The smallest absolute Gasteiger partial charge is 0.0571 e. The van der Waals surface area contributed by atoms with E-state index in [2.05, 4.69) is 0 Å². The molecule has 0 aromatic heterocycles. The molecule has 3 unspecified atom stereocenters. The highest BCUT2D eigenvalue weighted by Gasteiger charge is 2.27. The van der Waals surface area contributed by atoms with Crippen LogP contribution in [0.4, 0.5) is 0 Å². The molecular formula is C9H18O2. The molecule has 3 atom stereocenters. The lowest BCUT2D eigenvalue weighted by atomic mass is 9.79. The van der Waals surface area contributed by atoms with Crippen LogP contribution in [-0.2, 0) is 0 Å². The van der Waals surface area contributed by atoms with E-state index in [1.165, 1.54) is 6.42 Å². The third-order valence-corrected chi connectivity index (χ3v) is 2.80. The number of hydrogen-bond acceptors (Lipinski definition) is 2. The lowest BCUT2D eigenvalue weighted by Gasteiger charge is -2.31. The van der Waals surface area contributed by atoms with Crippen LogP contribution in [0, 0.1) is 11.8 Å². The van der Waals surface area contributed by atoms with E-state index in [0.717, 1.165) is 19.3 Å². The second-order valence-corrected chi connectivity index (χ2v) is 3.68. The van der Waals surface area contributed by atoms with E-state index in [4.69, 9.17) is 5.11 Å². The summed E-state index contributed by atoms with van der Waals surface area (Å²) in [5, 5.41) is 18.5. The molecule has 0 aromatic carbocycles. The summed E-state index contributed by atoms with van der Waals surface area (Å²) in [6.07, 6.45) is 4.21. The monoisotopic (exact) mass is 158 g/mol. The molecule has 0 saturated heterocycles. The van der Waals surface area contributed by atoms with Crippen LogP contribution in [0.2, 0.25) is 0 Å². The molecule has 1 saturated carbocycles. The Labute approximate surface area is 68.2 Å². The van der Waals surface area contributed by atoms with E-state index in [0.29, 0.717) is 5.92 Å². The van der Waals surface area contributed by atoms with Crippen molar-refractivity contribution in [3.8, 4) is 0 Å². The maximum absolute atomic E-state index is 9.56. The van der Waals surface area contributed by atoms with Gasteiger partial charge in [-0.1, -0.05) is 19.8 Å². The Hall–Kier alpha value is -0.0800. The first-order valence-corrected chi connectivity index (χ1v) is 4.54. The van der Waals surface area contributed by atoms with Crippen LogP contribution >= 0.6 is 0 Å². The fourth-order valence-electron chi connectivity index (χ4n) is 1.94. The fourth-order valence-corrected chi connectivity index (χ4v) is 1.94. The highest BCUT2D eigenvalue weighted by Crippen LogP contribution is 2.29. The van der Waals surface area contributed by atoms with Gasteiger partial charge in [-0.25, -0.2) is 0 Å². The molecule has 2 nitrogen and oxygen atoms in total. The Kier molecular flexibility index (Phi) is 3.34. The Morgan fingerprint density at radius 2 is 2.00 bits per heavy atom. The van der Waals surface area contributed by atoms with Crippen molar-refractivity contribution in [2.24, 2.45) is 11.8 Å². The van der Waals surface area contributed by atoms with Crippen molar-refractivity contribution in [3.05, 3.63) is 0 Å². The number of aliphatic hydroxyl groups excluding tert-OH is 2. The van der Waals surface area contributed by atoms with E-state index in [-0.39, 0.29) is 18.6 Å². The van der Waals surface area contributed by atoms with Crippen molar-refractivity contribution >= 4 is 0 Å². The molecular weight excluding hydrogens is 140 g/mol. The SMILES string of the molecule is CC(CO)C1CCCCC1O. The van der Waals surface area contributed by atoms with Gasteiger partial charge >= 0.3 is 0 Å². The highest BCUT2D eigenvalue weighted by molar-refractivity contribution is 4.77. The Morgan fingerprint density at radius 1 is 1.36 bits per heavy atom. The number of aliphatic hydroxyl groups is 2. The second-order valence-electron chi connectivity index (χ2n) is 3.68. The lowest BCUT2D eigenvalue weighted by Crippen LogP contribution is -2.31. The van der Waals surface area contributed by atoms with E-state index in [9.17, 15) is 5.11 Å². The van der Waals surface area contributed by atoms with Gasteiger partial charge in [0.25, 0.3) is 0 Å². The summed E-state index contributed by atoms with van der Waals surface area (Å²) in [7, 11) is 0. The Morgan fingerprint density at radius 3 is 2.55 bits per heavy atom. The molecule has 1 aliphatic rings. The molecule has 2 heteroatoms. The average molecular weight is 158 g/mol. The summed E-state index contributed by atoms with van der Waals surface area (Å²) in [5.74, 6) is 0.610. The van der Waals surface area contributed by atoms with Gasteiger partial charge in [0, 0.05) is 6.61 Å². The van der Waals surface area contributed by atoms with Crippen LogP contribution in [-0.4, -0.2) is 22.9 Å². The van der Waals surface area contributed by atoms with Gasteiger partial charge in [0.2, 0.25) is 0 Å². The molecule has 0 bridgehead atoms. The summed E-state index contributed by atoms with van der Waals surface area (Å²) >= 11 is 0. The summed E-state index contributed by atoms with van der Waals surface area (Å²) in [5.41, 5.74) is 0. The van der Waals surface area contributed by atoms with Gasteiger partial charge in [-0.05, 0) is 24.7 Å².